The number of nitriles is 1. The molecule has 1 aromatic rings. The Balaban J connectivity index is 3.23. The van der Waals surface area contributed by atoms with Crippen LogP contribution in [-0.2, 0) is 22.4 Å². The molecule has 4 nitrogen and oxygen atoms in total. The van der Waals surface area contributed by atoms with Crippen molar-refractivity contribution >= 4 is 5.97 Å². The first-order valence-corrected chi connectivity index (χ1v) is 5.59. The average Bonchev–Trinajstić information content (AvgIpc) is 2.38. The highest BCUT2D eigenvalue weighted by molar-refractivity contribution is 5.73. The molecule has 0 amide bonds. The number of alkyl halides is 2. The topological polar surface area (TPSA) is 59.3 Å². The van der Waals surface area contributed by atoms with Crippen molar-refractivity contribution in [3.63, 3.8) is 0 Å². The molecule has 0 saturated carbocycles. The molecule has 102 valence electrons. The number of carbonyl (C=O) groups is 1. The number of methoxy groups -OCH3 is 1. The second kappa shape index (κ2) is 6.69. The smallest absolute Gasteiger partial charge is 0.387 e. The Kier molecular flexibility index (Phi) is 5.24. The third-order valence-electron chi connectivity index (χ3n) is 2.62. The zero-order valence-electron chi connectivity index (χ0n) is 10.6. The van der Waals surface area contributed by atoms with Crippen molar-refractivity contribution in [2.24, 2.45) is 0 Å². The predicted octanol–water partition coefficient (Wildman–Crippen LogP) is 2.44. The van der Waals surface area contributed by atoms with E-state index in [2.05, 4.69) is 9.47 Å². The number of carbonyl (C=O) groups excluding carboxylic acids is 1. The molecule has 1 rings (SSSR count). The Morgan fingerprint density at radius 1 is 1.47 bits per heavy atom. The number of ether oxygens (including phenoxy) is 2. The van der Waals surface area contributed by atoms with Crippen LogP contribution in [0, 0.1) is 11.3 Å². The normalized spacial score (nSPS) is 10.1. The fourth-order valence-electron chi connectivity index (χ4n) is 1.78. The minimum absolute atomic E-state index is 0.0106. The van der Waals surface area contributed by atoms with Gasteiger partial charge in [-0.05, 0) is 23.6 Å². The van der Waals surface area contributed by atoms with Crippen LogP contribution in [0.3, 0.4) is 0 Å². The first-order valence-electron chi connectivity index (χ1n) is 5.59. The van der Waals surface area contributed by atoms with Gasteiger partial charge in [-0.3, -0.25) is 4.79 Å². The number of hydrogen-bond acceptors (Lipinski definition) is 4. The van der Waals surface area contributed by atoms with Crippen LogP contribution in [0.15, 0.2) is 12.1 Å². The summed E-state index contributed by atoms with van der Waals surface area (Å²) in [5.74, 6) is -0.635. The maximum absolute atomic E-state index is 12.2. The molecule has 0 radical (unpaired) electrons. The monoisotopic (exact) mass is 269 g/mol. The highest BCUT2D eigenvalue weighted by Crippen LogP contribution is 2.27. The van der Waals surface area contributed by atoms with Crippen LogP contribution in [0.4, 0.5) is 8.78 Å². The van der Waals surface area contributed by atoms with E-state index in [1.165, 1.54) is 19.2 Å². The van der Waals surface area contributed by atoms with Crippen LogP contribution in [0.2, 0.25) is 0 Å². The Morgan fingerprint density at radius 3 is 2.63 bits per heavy atom. The summed E-state index contributed by atoms with van der Waals surface area (Å²) in [4.78, 5) is 11.3. The predicted molar refractivity (Wildman–Crippen MR) is 62.9 cm³/mol. The van der Waals surface area contributed by atoms with Crippen LogP contribution in [0.25, 0.3) is 0 Å². The Hall–Kier alpha value is -2.16. The quantitative estimate of drug-likeness (QED) is 0.770. The van der Waals surface area contributed by atoms with Gasteiger partial charge < -0.3 is 9.47 Å². The summed E-state index contributed by atoms with van der Waals surface area (Å²) in [7, 11) is 1.26. The molecule has 0 aliphatic carbocycles. The Morgan fingerprint density at radius 2 is 2.16 bits per heavy atom. The third kappa shape index (κ3) is 3.65. The lowest BCUT2D eigenvalue weighted by atomic mass is 9.96. The van der Waals surface area contributed by atoms with Gasteiger partial charge in [0.2, 0.25) is 0 Å². The van der Waals surface area contributed by atoms with Crippen LogP contribution in [0.5, 0.6) is 5.75 Å². The molecule has 0 aromatic heterocycles. The second-order valence-electron chi connectivity index (χ2n) is 3.67. The van der Waals surface area contributed by atoms with E-state index in [1.807, 2.05) is 6.07 Å². The van der Waals surface area contributed by atoms with Gasteiger partial charge in [-0.1, -0.05) is 13.0 Å². The molecule has 19 heavy (non-hydrogen) atoms. The van der Waals surface area contributed by atoms with Gasteiger partial charge in [0.25, 0.3) is 0 Å². The number of nitrogens with zero attached hydrogens (tertiary/aromatic N) is 1. The van der Waals surface area contributed by atoms with Gasteiger partial charge in [0.05, 0.1) is 19.1 Å². The zero-order chi connectivity index (χ0) is 14.4. The molecular weight excluding hydrogens is 256 g/mol. The number of hydrogen-bond donors (Lipinski definition) is 0. The van der Waals surface area contributed by atoms with Gasteiger partial charge in [-0.15, -0.1) is 0 Å². The summed E-state index contributed by atoms with van der Waals surface area (Å²) in [6.45, 7) is -1.23. The van der Waals surface area contributed by atoms with Crippen LogP contribution < -0.4 is 4.74 Å². The van der Waals surface area contributed by atoms with Gasteiger partial charge >= 0.3 is 12.6 Å². The van der Waals surface area contributed by atoms with E-state index in [4.69, 9.17) is 5.26 Å². The van der Waals surface area contributed by atoms with Gasteiger partial charge in [0, 0.05) is 0 Å². The fraction of sp³-hybridized carbons (Fsp3) is 0.385. The SMILES string of the molecule is CCc1c(CC(=O)OC)ccc(OC(F)F)c1C#N. The summed E-state index contributed by atoms with van der Waals surface area (Å²) in [5, 5.41) is 9.07. The summed E-state index contributed by atoms with van der Waals surface area (Å²) in [6.07, 6.45) is 0.416. The second-order valence-corrected chi connectivity index (χ2v) is 3.67. The van der Waals surface area contributed by atoms with E-state index in [0.717, 1.165) is 0 Å². The maximum atomic E-state index is 12.2. The number of halogens is 2. The van der Waals surface area contributed by atoms with Gasteiger partial charge in [0.15, 0.2) is 0 Å². The van der Waals surface area contributed by atoms with Gasteiger partial charge in [-0.25, -0.2) is 0 Å². The third-order valence-corrected chi connectivity index (χ3v) is 2.62. The summed E-state index contributed by atoms with van der Waals surface area (Å²) in [5.41, 5.74) is 1.13. The molecule has 0 heterocycles. The molecule has 0 atom stereocenters. The highest BCUT2D eigenvalue weighted by Gasteiger charge is 2.17. The lowest BCUT2D eigenvalue weighted by molar-refractivity contribution is -0.139. The van der Waals surface area contributed by atoms with E-state index in [-0.39, 0.29) is 17.7 Å². The molecule has 0 spiro atoms. The van der Waals surface area contributed by atoms with Crippen molar-refractivity contribution in [3.05, 3.63) is 28.8 Å². The maximum Gasteiger partial charge on any atom is 0.387 e. The number of esters is 1. The lowest BCUT2D eigenvalue weighted by Crippen LogP contribution is -2.10. The van der Waals surface area contributed by atoms with Crippen LogP contribution in [0.1, 0.15) is 23.6 Å². The molecule has 0 N–H and O–H groups in total. The standard InChI is InChI=1S/C13H13F2NO3/c1-3-9-8(6-12(17)18-2)4-5-11(10(9)7-16)19-13(14)15/h4-5,13H,3,6H2,1-2H3. The minimum atomic E-state index is -3.00. The minimum Gasteiger partial charge on any atom is -0.469 e. The molecule has 0 fully saturated rings. The Bertz CT molecular complexity index is 509. The van der Waals surface area contributed by atoms with E-state index in [9.17, 15) is 13.6 Å². The molecule has 0 aliphatic rings. The average molecular weight is 269 g/mol. The van der Waals surface area contributed by atoms with Crippen LogP contribution in [-0.4, -0.2) is 19.7 Å². The molecular formula is C13H13F2NO3. The number of benzene rings is 1. The van der Waals surface area contributed by atoms with Crippen LogP contribution >= 0.6 is 0 Å². The summed E-state index contributed by atoms with van der Waals surface area (Å²) >= 11 is 0. The van der Waals surface area contributed by atoms with Crippen molar-refractivity contribution in [1.82, 2.24) is 0 Å². The van der Waals surface area contributed by atoms with E-state index < -0.39 is 12.6 Å². The molecule has 0 saturated heterocycles. The van der Waals surface area contributed by atoms with Gasteiger partial charge in [-0.2, -0.15) is 14.0 Å². The molecule has 1 aromatic carbocycles. The van der Waals surface area contributed by atoms with Gasteiger partial charge in [0.1, 0.15) is 11.8 Å². The molecule has 0 unspecified atom stereocenters. The Labute approximate surface area is 109 Å². The molecule has 6 heteroatoms. The highest BCUT2D eigenvalue weighted by atomic mass is 19.3. The van der Waals surface area contributed by atoms with Crippen molar-refractivity contribution in [3.8, 4) is 11.8 Å². The fourth-order valence-corrected chi connectivity index (χ4v) is 1.78. The molecule has 0 bridgehead atoms. The van der Waals surface area contributed by atoms with E-state index >= 15 is 0 Å². The zero-order valence-corrected chi connectivity index (χ0v) is 10.6. The number of rotatable bonds is 5. The summed E-state index contributed by atoms with van der Waals surface area (Å²) < 4.78 is 33.3. The first-order chi connectivity index (χ1) is 9.03. The lowest BCUT2D eigenvalue weighted by Gasteiger charge is -2.13. The first kappa shape index (κ1) is 14.9. The summed E-state index contributed by atoms with van der Waals surface area (Å²) in [6, 6.07) is 4.60. The van der Waals surface area contributed by atoms with Crippen molar-refractivity contribution in [2.45, 2.75) is 26.4 Å². The van der Waals surface area contributed by atoms with Crippen molar-refractivity contribution in [2.75, 3.05) is 7.11 Å². The van der Waals surface area contributed by atoms with E-state index in [0.29, 0.717) is 17.5 Å². The van der Waals surface area contributed by atoms with E-state index in [1.54, 1.807) is 6.92 Å². The largest absolute Gasteiger partial charge is 0.469 e. The van der Waals surface area contributed by atoms with Crippen molar-refractivity contribution in [1.29, 1.82) is 5.26 Å². The molecule has 0 aliphatic heterocycles. The van der Waals surface area contributed by atoms with Crippen molar-refractivity contribution < 1.29 is 23.0 Å².